The summed E-state index contributed by atoms with van der Waals surface area (Å²) in [5.41, 5.74) is 2.81. The Morgan fingerprint density at radius 2 is 1.75 bits per heavy atom. The Balaban J connectivity index is 1.54. The first-order valence-electron chi connectivity index (χ1n) is 12.3. The van der Waals surface area contributed by atoms with E-state index in [0.29, 0.717) is 29.3 Å². The third kappa shape index (κ3) is 3.15. The Kier molecular flexibility index (Phi) is 5.62. The zero-order valence-corrected chi connectivity index (χ0v) is 19.1. The molecule has 8 atom stereocenters. The number of fused-ring (bicyclic) bond motifs is 5. The van der Waals surface area contributed by atoms with Crippen LogP contribution < -0.4 is 0 Å². The largest absolute Gasteiger partial charge is 0.396 e. The molecule has 4 aliphatic rings. The summed E-state index contributed by atoms with van der Waals surface area (Å²) in [6.07, 6.45) is 18.3. The summed E-state index contributed by atoms with van der Waals surface area (Å²) < 4.78 is 0. The van der Waals surface area contributed by atoms with E-state index in [2.05, 4.69) is 52.8 Å². The third-order valence-electron chi connectivity index (χ3n) is 9.98. The van der Waals surface area contributed by atoms with Gasteiger partial charge in [0.25, 0.3) is 0 Å². The van der Waals surface area contributed by atoms with E-state index in [1.807, 2.05) is 5.57 Å². The van der Waals surface area contributed by atoms with E-state index in [4.69, 9.17) is 0 Å². The molecule has 0 aromatic heterocycles. The van der Waals surface area contributed by atoms with Crippen LogP contribution in [0.5, 0.6) is 0 Å². The molecule has 1 nitrogen and oxygen atoms in total. The molecule has 158 valence electrons. The Bertz CT molecular complexity index is 630. The molecule has 0 bridgehead atoms. The molecule has 2 unspecified atom stereocenters. The molecule has 4 rings (SSSR count). The highest BCUT2D eigenvalue weighted by Gasteiger charge is 2.59. The molecule has 0 radical (unpaired) electrons. The fourth-order valence-corrected chi connectivity index (χ4v) is 8.39. The average molecular weight is 385 g/mol. The van der Waals surface area contributed by atoms with Gasteiger partial charge in [-0.1, -0.05) is 58.4 Å². The summed E-state index contributed by atoms with van der Waals surface area (Å²) in [6, 6.07) is 0. The Morgan fingerprint density at radius 1 is 1.04 bits per heavy atom. The molecule has 0 aromatic carbocycles. The van der Waals surface area contributed by atoms with Gasteiger partial charge in [-0.2, -0.15) is 0 Å². The van der Waals surface area contributed by atoms with Crippen molar-refractivity contribution in [2.24, 2.45) is 52.3 Å². The molecule has 3 fully saturated rings. The van der Waals surface area contributed by atoms with Gasteiger partial charge in [-0.15, -0.1) is 0 Å². The van der Waals surface area contributed by atoms with Gasteiger partial charge in [0.2, 0.25) is 0 Å². The lowest BCUT2D eigenvalue weighted by atomic mass is 9.50. The smallest absolute Gasteiger partial charge is 0.0462 e. The van der Waals surface area contributed by atoms with Crippen LogP contribution >= 0.6 is 0 Å². The van der Waals surface area contributed by atoms with E-state index in [1.54, 1.807) is 0 Å². The van der Waals surface area contributed by atoms with Crippen molar-refractivity contribution in [3.8, 4) is 0 Å². The normalized spacial score (nSPS) is 46.4. The van der Waals surface area contributed by atoms with Crippen LogP contribution in [-0.2, 0) is 0 Å². The number of hydrogen-bond donors (Lipinski definition) is 1. The van der Waals surface area contributed by atoms with E-state index in [0.717, 1.165) is 29.6 Å². The van der Waals surface area contributed by atoms with Crippen molar-refractivity contribution in [2.45, 2.75) is 86.0 Å². The summed E-state index contributed by atoms with van der Waals surface area (Å²) >= 11 is 0. The maximum absolute atomic E-state index is 9.88. The predicted octanol–water partition coefficient (Wildman–Crippen LogP) is 7.02. The molecular weight excluding hydrogens is 340 g/mol. The molecule has 4 aliphatic carbocycles. The highest BCUT2D eigenvalue weighted by Crippen LogP contribution is 2.68. The van der Waals surface area contributed by atoms with Crippen molar-refractivity contribution >= 4 is 0 Å². The van der Waals surface area contributed by atoms with Gasteiger partial charge in [0.05, 0.1) is 0 Å². The van der Waals surface area contributed by atoms with Crippen LogP contribution in [-0.4, -0.2) is 11.7 Å². The third-order valence-corrected chi connectivity index (χ3v) is 9.98. The van der Waals surface area contributed by atoms with E-state index in [1.165, 1.54) is 51.4 Å². The maximum atomic E-state index is 9.88. The SMILES string of the molecule is CC(C)C/C=C\[C@@H](C)[C@H]1CCC2C3=CC[C@H]4[C@@H](CO)CC[C@]4(C)C3CC[C@@]21C. The van der Waals surface area contributed by atoms with Crippen LogP contribution in [0.1, 0.15) is 86.0 Å². The Labute approximate surface area is 174 Å². The lowest BCUT2D eigenvalue weighted by molar-refractivity contribution is 0.0192. The van der Waals surface area contributed by atoms with Gasteiger partial charge in [-0.05, 0) is 104 Å². The van der Waals surface area contributed by atoms with Crippen LogP contribution in [0, 0.1) is 52.3 Å². The molecule has 3 saturated carbocycles. The van der Waals surface area contributed by atoms with Crippen molar-refractivity contribution in [1.82, 2.24) is 0 Å². The fourth-order valence-electron chi connectivity index (χ4n) is 8.39. The Morgan fingerprint density at radius 3 is 2.46 bits per heavy atom. The molecule has 0 spiro atoms. The van der Waals surface area contributed by atoms with Crippen LogP contribution in [0.25, 0.3) is 0 Å². The summed E-state index contributed by atoms with van der Waals surface area (Å²) in [5.74, 6) is 5.23. The zero-order chi connectivity index (χ0) is 20.1. The molecule has 28 heavy (non-hydrogen) atoms. The van der Waals surface area contributed by atoms with E-state index in [-0.39, 0.29) is 0 Å². The minimum Gasteiger partial charge on any atom is -0.396 e. The molecule has 1 heteroatoms. The van der Waals surface area contributed by atoms with Crippen molar-refractivity contribution in [1.29, 1.82) is 0 Å². The van der Waals surface area contributed by atoms with Gasteiger partial charge in [0.15, 0.2) is 0 Å². The van der Waals surface area contributed by atoms with Crippen LogP contribution in [0.4, 0.5) is 0 Å². The van der Waals surface area contributed by atoms with Gasteiger partial charge in [0.1, 0.15) is 0 Å². The van der Waals surface area contributed by atoms with Crippen LogP contribution in [0.15, 0.2) is 23.8 Å². The fraction of sp³-hybridized carbons (Fsp3) is 0.852. The average Bonchev–Trinajstić information content (AvgIpc) is 3.17. The first-order valence-corrected chi connectivity index (χ1v) is 12.3. The molecule has 0 amide bonds. The lowest BCUT2D eigenvalue weighted by Gasteiger charge is -2.54. The minimum absolute atomic E-state index is 0.402. The molecule has 0 aromatic rings. The molecule has 0 saturated heterocycles. The van der Waals surface area contributed by atoms with Crippen molar-refractivity contribution in [3.05, 3.63) is 23.8 Å². The minimum atomic E-state index is 0.402. The van der Waals surface area contributed by atoms with E-state index in [9.17, 15) is 5.11 Å². The highest BCUT2D eigenvalue weighted by molar-refractivity contribution is 5.28. The summed E-state index contributed by atoms with van der Waals surface area (Å²) in [7, 11) is 0. The second-order valence-electron chi connectivity index (χ2n) is 11.8. The number of rotatable bonds is 5. The summed E-state index contributed by atoms with van der Waals surface area (Å²) in [4.78, 5) is 0. The topological polar surface area (TPSA) is 20.2 Å². The molecule has 0 heterocycles. The van der Waals surface area contributed by atoms with Gasteiger partial charge >= 0.3 is 0 Å². The van der Waals surface area contributed by atoms with Gasteiger partial charge in [-0.3, -0.25) is 0 Å². The number of aliphatic hydroxyl groups excluding tert-OH is 1. The standard InChI is InChI=1S/C27H44O/c1-18(2)7-6-8-19(3)22-11-12-24-21-9-10-23-20(17-28)13-15-27(23,5)25(21)14-16-26(22,24)4/h6,8-9,18-20,22-25,28H,7,10-17H2,1-5H3/b8-6-/t19-,20-,22-,23+,24?,25?,26-,27+/m1/s1. The summed E-state index contributed by atoms with van der Waals surface area (Å²) in [5, 5.41) is 9.88. The second kappa shape index (κ2) is 7.60. The molecule has 1 N–H and O–H groups in total. The highest BCUT2D eigenvalue weighted by atomic mass is 16.3. The summed E-state index contributed by atoms with van der Waals surface area (Å²) in [6.45, 7) is 12.7. The van der Waals surface area contributed by atoms with Crippen molar-refractivity contribution in [3.63, 3.8) is 0 Å². The zero-order valence-electron chi connectivity index (χ0n) is 19.1. The van der Waals surface area contributed by atoms with E-state index >= 15 is 0 Å². The second-order valence-corrected chi connectivity index (χ2v) is 11.8. The van der Waals surface area contributed by atoms with Crippen LogP contribution in [0.3, 0.4) is 0 Å². The van der Waals surface area contributed by atoms with Crippen molar-refractivity contribution in [2.75, 3.05) is 6.61 Å². The van der Waals surface area contributed by atoms with Crippen LogP contribution in [0.2, 0.25) is 0 Å². The molecular formula is C27H44O. The first-order chi connectivity index (χ1) is 13.3. The first kappa shape index (κ1) is 20.7. The molecule has 0 aliphatic heterocycles. The predicted molar refractivity (Wildman–Crippen MR) is 119 cm³/mol. The van der Waals surface area contributed by atoms with Gasteiger partial charge < -0.3 is 5.11 Å². The van der Waals surface area contributed by atoms with Crippen molar-refractivity contribution < 1.29 is 5.11 Å². The number of aliphatic hydroxyl groups is 1. The lowest BCUT2D eigenvalue weighted by Crippen LogP contribution is -2.46. The van der Waals surface area contributed by atoms with Gasteiger partial charge in [-0.25, -0.2) is 0 Å². The number of hydrogen-bond acceptors (Lipinski definition) is 1. The quantitative estimate of drug-likeness (QED) is 0.505. The van der Waals surface area contributed by atoms with Gasteiger partial charge in [0, 0.05) is 6.61 Å². The Hall–Kier alpha value is -0.560. The van der Waals surface area contributed by atoms with E-state index < -0.39 is 0 Å². The number of allylic oxidation sites excluding steroid dienone is 4. The maximum Gasteiger partial charge on any atom is 0.0462 e. The monoisotopic (exact) mass is 384 g/mol.